The number of terminal acetylenes is 1. The Bertz CT molecular complexity index is 698. The van der Waals surface area contributed by atoms with Crippen LogP contribution in [-0.4, -0.2) is 48.0 Å². The molecule has 0 radical (unpaired) electrons. The molecule has 1 saturated heterocycles. The molecule has 0 amide bonds. The number of nitrogens with zero attached hydrogens (tertiary/aromatic N) is 4. The van der Waals surface area contributed by atoms with Gasteiger partial charge in [0.05, 0.1) is 19.1 Å². The van der Waals surface area contributed by atoms with Gasteiger partial charge in [0.2, 0.25) is 5.28 Å². The van der Waals surface area contributed by atoms with E-state index in [2.05, 4.69) is 20.9 Å². The van der Waals surface area contributed by atoms with E-state index < -0.39 is 24.5 Å². The molecule has 0 bridgehead atoms. The number of hydrogen-bond acceptors (Lipinski definition) is 6. The van der Waals surface area contributed by atoms with Crippen LogP contribution in [-0.2, 0) is 4.74 Å². The minimum atomic E-state index is -1.40. The average molecular weight is 295 g/mol. The Labute approximate surface area is 119 Å². The summed E-state index contributed by atoms with van der Waals surface area (Å²) in [5.74, 6) is 2.31. The highest BCUT2D eigenvalue weighted by Gasteiger charge is 2.47. The van der Waals surface area contributed by atoms with Crippen LogP contribution in [0.3, 0.4) is 0 Å². The van der Waals surface area contributed by atoms with E-state index in [1.807, 2.05) is 0 Å². The molecule has 2 N–H and O–H groups in total. The number of aliphatic hydroxyl groups excluding tert-OH is 2. The molecular weight excluding hydrogens is 284 g/mol. The van der Waals surface area contributed by atoms with E-state index in [0.29, 0.717) is 11.2 Å². The zero-order valence-electron chi connectivity index (χ0n) is 10.3. The summed E-state index contributed by atoms with van der Waals surface area (Å²) in [6.45, 7) is -0.469. The first-order chi connectivity index (χ1) is 9.59. The molecule has 2 aromatic heterocycles. The quantitative estimate of drug-likeness (QED) is 0.604. The second-order valence-electron chi connectivity index (χ2n) is 4.52. The molecule has 1 aliphatic rings. The summed E-state index contributed by atoms with van der Waals surface area (Å²) < 4.78 is 7.25. The Morgan fingerprint density at radius 2 is 2.40 bits per heavy atom. The molecular formula is C12H11ClN4O3. The molecule has 3 atom stereocenters. The summed E-state index contributed by atoms with van der Waals surface area (Å²) in [7, 11) is 0. The van der Waals surface area contributed by atoms with Gasteiger partial charge in [-0.25, -0.2) is 9.97 Å². The lowest BCUT2D eigenvalue weighted by Crippen LogP contribution is -2.41. The summed E-state index contributed by atoms with van der Waals surface area (Å²) in [6, 6.07) is 0. The Morgan fingerprint density at radius 1 is 1.60 bits per heavy atom. The third-order valence-electron chi connectivity index (χ3n) is 3.39. The molecule has 3 heterocycles. The van der Waals surface area contributed by atoms with Gasteiger partial charge in [-0.1, -0.05) is 5.92 Å². The maximum atomic E-state index is 10.0. The molecule has 1 fully saturated rings. The zero-order valence-corrected chi connectivity index (χ0v) is 11.0. The summed E-state index contributed by atoms with van der Waals surface area (Å²) in [5.41, 5.74) is -0.374. The van der Waals surface area contributed by atoms with Crippen molar-refractivity contribution in [3.63, 3.8) is 0 Å². The zero-order chi connectivity index (χ0) is 14.3. The van der Waals surface area contributed by atoms with E-state index in [-0.39, 0.29) is 11.7 Å². The third-order valence-corrected chi connectivity index (χ3v) is 3.57. The summed E-state index contributed by atoms with van der Waals surface area (Å²) >= 11 is 5.77. The molecule has 8 heteroatoms. The number of ether oxygens (including phenoxy) is 1. The van der Waals surface area contributed by atoms with E-state index in [9.17, 15) is 10.2 Å². The van der Waals surface area contributed by atoms with Crippen LogP contribution in [0.15, 0.2) is 12.5 Å². The Morgan fingerprint density at radius 3 is 3.05 bits per heavy atom. The monoisotopic (exact) mass is 294 g/mol. The molecule has 2 aromatic rings. The number of hydrogen-bond donors (Lipinski definition) is 2. The van der Waals surface area contributed by atoms with Gasteiger partial charge in [-0.2, -0.15) is 4.98 Å². The first-order valence-corrected chi connectivity index (χ1v) is 6.27. The van der Waals surface area contributed by atoms with Crippen LogP contribution < -0.4 is 0 Å². The van der Waals surface area contributed by atoms with Crippen LogP contribution >= 0.6 is 11.6 Å². The molecule has 20 heavy (non-hydrogen) atoms. The van der Waals surface area contributed by atoms with Crippen molar-refractivity contribution in [3.8, 4) is 12.3 Å². The number of aromatic nitrogens is 4. The molecule has 0 spiro atoms. The van der Waals surface area contributed by atoms with Crippen molar-refractivity contribution in [2.75, 3.05) is 6.61 Å². The first kappa shape index (κ1) is 13.3. The van der Waals surface area contributed by atoms with E-state index in [1.54, 1.807) is 4.57 Å². The smallest absolute Gasteiger partial charge is 0.224 e. The summed E-state index contributed by atoms with van der Waals surface area (Å²) in [6.07, 6.45) is 7.03. The fourth-order valence-electron chi connectivity index (χ4n) is 2.26. The highest BCUT2D eigenvalue weighted by Crippen LogP contribution is 2.37. The molecule has 0 aromatic carbocycles. The van der Waals surface area contributed by atoms with Crippen molar-refractivity contribution >= 4 is 22.8 Å². The van der Waals surface area contributed by atoms with E-state index >= 15 is 0 Å². The normalized spacial score (nSPS) is 29.7. The SMILES string of the molecule is C#C[C@]1(CO)O[C@@H](n2cnc3cnc(Cl)nc32)C[C@@H]1O. The van der Waals surface area contributed by atoms with Gasteiger partial charge in [0.25, 0.3) is 0 Å². The number of halogens is 1. The van der Waals surface area contributed by atoms with Gasteiger partial charge in [0.15, 0.2) is 11.2 Å². The third kappa shape index (κ3) is 1.85. The van der Waals surface area contributed by atoms with Crippen LogP contribution in [0.25, 0.3) is 11.2 Å². The van der Waals surface area contributed by atoms with Crippen LogP contribution in [0.4, 0.5) is 0 Å². The lowest BCUT2D eigenvalue weighted by molar-refractivity contribution is -0.0891. The maximum absolute atomic E-state index is 10.0. The Kier molecular flexibility index (Phi) is 3.11. The lowest BCUT2D eigenvalue weighted by atomic mass is 9.99. The molecule has 1 aliphatic heterocycles. The molecule has 0 aliphatic carbocycles. The highest BCUT2D eigenvalue weighted by atomic mass is 35.5. The molecule has 7 nitrogen and oxygen atoms in total. The second kappa shape index (κ2) is 4.68. The van der Waals surface area contributed by atoms with Gasteiger partial charge in [0, 0.05) is 6.42 Å². The molecule has 0 unspecified atom stereocenters. The number of imidazole rings is 1. The Balaban J connectivity index is 2.01. The summed E-state index contributed by atoms with van der Waals surface area (Å²) in [4.78, 5) is 12.1. The second-order valence-corrected chi connectivity index (χ2v) is 4.85. The lowest BCUT2D eigenvalue weighted by Gasteiger charge is -2.23. The predicted octanol–water partition coefficient (Wildman–Crippen LogP) is 0.124. The van der Waals surface area contributed by atoms with Gasteiger partial charge in [-0.05, 0) is 11.6 Å². The van der Waals surface area contributed by atoms with Crippen molar-refractivity contribution in [1.82, 2.24) is 19.5 Å². The van der Waals surface area contributed by atoms with Crippen molar-refractivity contribution in [3.05, 3.63) is 17.8 Å². The van der Waals surface area contributed by atoms with Gasteiger partial charge in [0.1, 0.15) is 17.8 Å². The van der Waals surface area contributed by atoms with Crippen LogP contribution in [0.1, 0.15) is 12.6 Å². The average Bonchev–Trinajstić information content (AvgIpc) is 2.99. The molecule has 3 rings (SSSR count). The van der Waals surface area contributed by atoms with Gasteiger partial charge in [-0.15, -0.1) is 6.42 Å². The fraction of sp³-hybridized carbons (Fsp3) is 0.417. The van der Waals surface area contributed by atoms with Crippen molar-refractivity contribution < 1.29 is 14.9 Å². The standard InChI is InChI=1S/C12H11ClN4O3/c1-2-12(5-18)8(19)3-9(20-12)17-6-15-7-4-14-11(13)16-10(7)17/h1,4,6,8-9,18-19H,3,5H2/t8-,9+,12+/m0/s1. The van der Waals surface area contributed by atoms with E-state index in [1.165, 1.54) is 12.5 Å². The number of rotatable bonds is 2. The van der Waals surface area contributed by atoms with E-state index in [4.69, 9.17) is 22.8 Å². The predicted molar refractivity (Wildman–Crippen MR) is 69.7 cm³/mol. The fourth-order valence-corrected chi connectivity index (χ4v) is 2.39. The van der Waals surface area contributed by atoms with Crippen molar-refractivity contribution in [2.45, 2.75) is 24.4 Å². The first-order valence-electron chi connectivity index (χ1n) is 5.89. The number of aliphatic hydroxyl groups is 2. The van der Waals surface area contributed by atoms with Crippen LogP contribution in [0, 0.1) is 12.3 Å². The topological polar surface area (TPSA) is 93.3 Å². The van der Waals surface area contributed by atoms with Crippen LogP contribution in [0.2, 0.25) is 5.28 Å². The van der Waals surface area contributed by atoms with Crippen LogP contribution in [0.5, 0.6) is 0 Å². The maximum Gasteiger partial charge on any atom is 0.224 e. The molecule has 104 valence electrons. The molecule has 0 saturated carbocycles. The van der Waals surface area contributed by atoms with Crippen molar-refractivity contribution in [1.29, 1.82) is 0 Å². The minimum Gasteiger partial charge on any atom is -0.392 e. The van der Waals surface area contributed by atoms with Crippen molar-refractivity contribution in [2.24, 2.45) is 0 Å². The Hall–Kier alpha value is -1.72. The van der Waals surface area contributed by atoms with Gasteiger partial charge in [-0.3, -0.25) is 4.57 Å². The highest BCUT2D eigenvalue weighted by molar-refractivity contribution is 6.28. The van der Waals surface area contributed by atoms with Gasteiger partial charge >= 0.3 is 0 Å². The summed E-state index contributed by atoms with van der Waals surface area (Å²) in [5, 5.41) is 19.5. The van der Waals surface area contributed by atoms with E-state index in [0.717, 1.165) is 0 Å². The largest absolute Gasteiger partial charge is 0.392 e. The minimum absolute atomic E-state index is 0.0863. The number of fused-ring (bicyclic) bond motifs is 1. The van der Waals surface area contributed by atoms with Gasteiger partial charge < -0.3 is 14.9 Å².